The van der Waals surface area contributed by atoms with Crippen molar-refractivity contribution < 1.29 is 24.5 Å². The number of carbonyl (C=O) groups is 2. The number of epoxide rings is 1. The molecule has 196 valence electrons. The molecule has 0 spiro atoms. The molecule has 1 aliphatic heterocycles. The first-order valence-electron chi connectivity index (χ1n) is 12.9. The predicted octanol–water partition coefficient (Wildman–Crippen LogP) is 5.14. The lowest BCUT2D eigenvalue weighted by molar-refractivity contribution is -0.143. The normalized spacial score (nSPS) is 37.7. The van der Waals surface area contributed by atoms with Crippen molar-refractivity contribution in [1.29, 1.82) is 0 Å². The average Bonchev–Trinajstić information content (AvgIpc) is 3.22. The molecular formula is C28H43NO5S. The Hall–Kier alpha value is -1.41. The molecule has 1 aromatic rings. The van der Waals surface area contributed by atoms with Gasteiger partial charge in [-0.15, -0.1) is 11.3 Å². The van der Waals surface area contributed by atoms with Crippen molar-refractivity contribution in [2.45, 2.75) is 111 Å². The number of aromatic nitrogens is 1. The topological polar surface area (TPSA) is 100 Å². The summed E-state index contributed by atoms with van der Waals surface area (Å²) in [4.78, 5) is 30.9. The van der Waals surface area contributed by atoms with E-state index in [1.54, 1.807) is 32.1 Å². The van der Waals surface area contributed by atoms with Crippen LogP contribution in [-0.4, -0.2) is 50.7 Å². The highest BCUT2D eigenvalue weighted by atomic mass is 32.1. The molecular weight excluding hydrogens is 462 g/mol. The third kappa shape index (κ3) is 6.68. The number of fused-ring (bicyclic) bond motifs is 1. The van der Waals surface area contributed by atoms with Gasteiger partial charge in [0.05, 0.1) is 40.0 Å². The Morgan fingerprint density at radius 2 is 1.89 bits per heavy atom. The minimum atomic E-state index is -1.12. The Morgan fingerprint density at radius 3 is 2.51 bits per heavy atom. The molecule has 1 saturated carbocycles. The molecule has 0 bridgehead atoms. The lowest BCUT2D eigenvalue weighted by Gasteiger charge is -2.34. The van der Waals surface area contributed by atoms with E-state index in [4.69, 9.17) is 4.74 Å². The SMILES string of the molecule is C/C(=C\c1csc(C)n1)[C@H]1CC(=O)CC(O)C(C)(C)C(=O)C(C)[C@@H](O)C(C)CCCC2(C)O[C@H]2C1. The number of ketones is 2. The summed E-state index contributed by atoms with van der Waals surface area (Å²) >= 11 is 1.60. The highest BCUT2D eigenvalue weighted by molar-refractivity contribution is 7.09. The fourth-order valence-electron chi connectivity index (χ4n) is 5.47. The molecule has 35 heavy (non-hydrogen) atoms. The van der Waals surface area contributed by atoms with Crippen molar-refractivity contribution in [1.82, 2.24) is 4.98 Å². The van der Waals surface area contributed by atoms with Gasteiger partial charge < -0.3 is 14.9 Å². The van der Waals surface area contributed by atoms with E-state index in [1.165, 1.54) is 0 Å². The zero-order valence-corrected chi connectivity index (χ0v) is 23.2. The summed E-state index contributed by atoms with van der Waals surface area (Å²) in [5, 5.41) is 24.8. The van der Waals surface area contributed by atoms with E-state index in [-0.39, 0.29) is 47.9 Å². The summed E-state index contributed by atoms with van der Waals surface area (Å²) in [5.41, 5.74) is 0.641. The van der Waals surface area contributed by atoms with Crippen LogP contribution in [0.1, 0.15) is 90.8 Å². The molecule has 0 radical (unpaired) electrons. The van der Waals surface area contributed by atoms with Gasteiger partial charge in [0.25, 0.3) is 0 Å². The number of aliphatic hydroxyl groups excluding tert-OH is 2. The smallest absolute Gasteiger partial charge is 0.146 e. The first-order valence-corrected chi connectivity index (χ1v) is 13.8. The molecule has 0 aromatic carbocycles. The Balaban J connectivity index is 1.85. The summed E-state index contributed by atoms with van der Waals surface area (Å²) in [7, 11) is 0. The zero-order valence-electron chi connectivity index (χ0n) is 22.3. The molecule has 6 nitrogen and oxygen atoms in total. The number of aryl methyl sites for hydroxylation is 1. The van der Waals surface area contributed by atoms with E-state index in [1.807, 2.05) is 32.2 Å². The predicted molar refractivity (Wildman–Crippen MR) is 139 cm³/mol. The molecule has 2 aliphatic rings. The average molecular weight is 506 g/mol. The molecule has 7 atom stereocenters. The summed E-state index contributed by atoms with van der Waals surface area (Å²) in [6, 6.07) is 0. The molecule has 4 unspecified atom stereocenters. The number of ether oxygens (including phenoxy) is 1. The van der Waals surface area contributed by atoms with Gasteiger partial charge in [-0.3, -0.25) is 9.59 Å². The summed E-state index contributed by atoms with van der Waals surface area (Å²) in [6.45, 7) is 13.2. The third-order valence-electron chi connectivity index (χ3n) is 8.39. The van der Waals surface area contributed by atoms with Crippen LogP contribution in [0.2, 0.25) is 0 Å². The number of carbonyl (C=O) groups excluding carboxylic acids is 2. The van der Waals surface area contributed by atoms with Gasteiger partial charge in [0.15, 0.2) is 0 Å². The van der Waals surface area contributed by atoms with Crippen molar-refractivity contribution in [3.63, 3.8) is 0 Å². The van der Waals surface area contributed by atoms with Crippen LogP contribution < -0.4 is 0 Å². The van der Waals surface area contributed by atoms with E-state index in [0.29, 0.717) is 0 Å². The number of hydrogen-bond acceptors (Lipinski definition) is 7. The van der Waals surface area contributed by atoms with Crippen LogP contribution in [0.3, 0.4) is 0 Å². The quantitative estimate of drug-likeness (QED) is 0.540. The maximum absolute atomic E-state index is 13.3. The first-order chi connectivity index (χ1) is 16.2. The minimum Gasteiger partial charge on any atom is -0.392 e. The second-order valence-corrected chi connectivity index (χ2v) is 12.8. The standard InChI is InChI=1S/C28H43NO5S/c1-16-9-8-10-28(7)24(34-28)13-20(17(2)11-21-15-35-19(4)29-21)12-22(30)14-23(31)27(5,6)26(33)18(3)25(16)32/h11,15-16,18,20,23-25,31-32H,8-10,12-14H2,1-7H3/b17-11+/t16?,18?,20-,23?,24-,25-,28?/m0/s1. The lowest BCUT2D eigenvalue weighted by atomic mass is 9.72. The number of Topliss-reactive ketones (excluding diaryl/α,β-unsaturated/α-hetero) is 2. The van der Waals surface area contributed by atoms with Crippen LogP contribution in [0, 0.1) is 30.1 Å². The number of hydrogen-bond donors (Lipinski definition) is 2. The van der Waals surface area contributed by atoms with Crippen LogP contribution in [0.25, 0.3) is 6.08 Å². The van der Waals surface area contributed by atoms with Crippen LogP contribution in [0.5, 0.6) is 0 Å². The Labute approximate surface area is 214 Å². The molecule has 2 heterocycles. The molecule has 1 aromatic heterocycles. The van der Waals surface area contributed by atoms with Gasteiger partial charge in [0.1, 0.15) is 11.6 Å². The van der Waals surface area contributed by atoms with E-state index in [0.717, 1.165) is 42.0 Å². The van der Waals surface area contributed by atoms with Gasteiger partial charge in [-0.1, -0.05) is 39.7 Å². The van der Waals surface area contributed by atoms with Crippen molar-refractivity contribution >= 4 is 29.0 Å². The van der Waals surface area contributed by atoms with Gasteiger partial charge in [0, 0.05) is 24.1 Å². The number of rotatable bonds is 2. The second-order valence-electron chi connectivity index (χ2n) is 11.7. The number of nitrogens with zero attached hydrogens (tertiary/aromatic N) is 1. The fourth-order valence-corrected chi connectivity index (χ4v) is 6.04. The highest BCUT2D eigenvalue weighted by Crippen LogP contribution is 2.46. The molecule has 2 fully saturated rings. The number of allylic oxidation sites excluding steroid dienone is 1. The maximum atomic E-state index is 13.3. The van der Waals surface area contributed by atoms with Crippen LogP contribution in [-0.2, 0) is 14.3 Å². The lowest BCUT2D eigenvalue weighted by Crippen LogP contribution is -2.45. The van der Waals surface area contributed by atoms with Gasteiger partial charge in [-0.05, 0) is 57.9 Å². The molecule has 1 saturated heterocycles. The van der Waals surface area contributed by atoms with E-state index >= 15 is 0 Å². The summed E-state index contributed by atoms with van der Waals surface area (Å²) in [6.07, 6.45) is 3.77. The van der Waals surface area contributed by atoms with Crippen LogP contribution in [0.4, 0.5) is 0 Å². The van der Waals surface area contributed by atoms with Gasteiger partial charge >= 0.3 is 0 Å². The Bertz CT molecular complexity index is 953. The molecule has 3 rings (SSSR count). The molecule has 2 N–H and O–H groups in total. The number of thiazole rings is 1. The first kappa shape index (κ1) is 28.2. The van der Waals surface area contributed by atoms with Crippen molar-refractivity contribution in [3.8, 4) is 0 Å². The monoisotopic (exact) mass is 505 g/mol. The van der Waals surface area contributed by atoms with Gasteiger partial charge in [0.2, 0.25) is 0 Å². The minimum absolute atomic E-state index is 0.0186. The third-order valence-corrected chi connectivity index (χ3v) is 9.19. The number of aliphatic hydroxyl groups is 2. The highest BCUT2D eigenvalue weighted by Gasteiger charge is 2.52. The van der Waals surface area contributed by atoms with Gasteiger partial charge in [-0.25, -0.2) is 4.98 Å². The Kier molecular flexibility index (Phi) is 8.78. The van der Waals surface area contributed by atoms with Crippen molar-refractivity contribution in [3.05, 3.63) is 21.7 Å². The molecule has 0 amide bonds. The van der Waals surface area contributed by atoms with Crippen LogP contribution in [0.15, 0.2) is 11.0 Å². The van der Waals surface area contributed by atoms with E-state index < -0.39 is 23.5 Å². The maximum Gasteiger partial charge on any atom is 0.146 e. The van der Waals surface area contributed by atoms with E-state index in [9.17, 15) is 19.8 Å². The largest absolute Gasteiger partial charge is 0.392 e. The second kappa shape index (κ2) is 10.9. The van der Waals surface area contributed by atoms with Crippen LogP contribution >= 0.6 is 11.3 Å². The fraction of sp³-hybridized carbons (Fsp3) is 0.750. The Morgan fingerprint density at radius 1 is 1.20 bits per heavy atom. The summed E-state index contributed by atoms with van der Waals surface area (Å²) < 4.78 is 6.14. The van der Waals surface area contributed by atoms with Crippen molar-refractivity contribution in [2.75, 3.05) is 0 Å². The molecule has 7 heteroatoms. The van der Waals surface area contributed by atoms with E-state index in [2.05, 4.69) is 11.9 Å². The van der Waals surface area contributed by atoms with Gasteiger partial charge in [-0.2, -0.15) is 0 Å². The van der Waals surface area contributed by atoms with Crippen molar-refractivity contribution in [2.24, 2.45) is 23.2 Å². The summed E-state index contributed by atoms with van der Waals surface area (Å²) in [5.74, 6) is -0.945. The molecule has 1 aliphatic carbocycles. The zero-order chi connectivity index (χ0) is 26.1.